The molecule has 0 spiro atoms. The maximum Gasteiger partial charge on any atom is 0.397 e. The highest BCUT2D eigenvalue weighted by Crippen LogP contribution is 2.26. The third-order valence-electron chi connectivity index (χ3n) is 8.93. The van der Waals surface area contributed by atoms with Crippen molar-refractivity contribution in [3.63, 3.8) is 0 Å². The lowest BCUT2D eigenvalue weighted by atomic mass is 9.99. The number of amides is 1. The van der Waals surface area contributed by atoms with E-state index >= 15 is 0 Å². The molecule has 1 rings (SSSR count). The Bertz CT molecular complexity index is 968. The number of aliphatic hydroxyl groups excluding tert-OH is 5. The largest absolute Gasteiger partial charge is 0.397 e. The predicted octanol–water partition coefficient (Wildman–Crippen LogP) is 4.23. The van der Waals surface area contributed by atoms with Crippen molar-refractivity contribution in [1.29, 1.82) is 0 Å². The van der Waals surface area contributed by atoms with Crippen molar-refractivity contribution >= 4 is 16.3 Å². The van der Waals surface area contributed by atoms with Crippen LogP contribution in [0, 0.1) is 0 Å². The quantitative estimate of drug-likeness (QED) is 0.0315. The number of allylic oxidation sites excluding steroid dienone is 2. The highest BCUT2D eigenvalue weighted by Gasteiger charge is 2.48. The standard InChI is InChI=1S/C35H67NO12S/c1-3-5-7-9-11-13-14-16-17-19-21-23-28(38)27(36-34(42)29(39)24-22-20-18-15-12-10-8-6-4-2)26-46-35-32(41)33(48-49(43,44)45)31(40)30(25-37)47-35/h10,12,27-33,35,37-41H,3-9,11,13-26H2,1-2H3,(H,36,42)(H,43,44,45)/b12-10-. The van der Waals surface area contributed by atoms with Gasteiger partial charge in [-0.3, -0.25) is 9.35 Å². The average Bonchev–Trinajstić information content (AvgIpc) is 3.06. The summed E-state index contributed by atoms with van der Waals surface area (Å²) in [5, 5.41) is 54.8. The van der Waals surface area contributed by atoms with Gasteiger partial charge in [-0.2, -0.15) is 8.42 Å². The summed E-state index contributed by atoms with van der Waals surface area (Å²) in [5.74, 6) is -0.688. The number of nitrogens with one attached hydrogen (secondary N) is 1. The van der Waals surface area contributed by atoms with E-state index in [0.717, 1.165) is 51.4 Å². The molecule has 49 heavy (non-hydrogen) atoms. The van der Waals surface area contributed by atoms with Gasteiger partial charge in [-0.25, -0.2) is 4.18 Å². The van der Waals surface area contributed by atoms with Crippen LogP contribution in [-0.4, -0.2) is 107 Å². The Morgan fingerprint density at radius 1 is 0.796 bits per heavy atom. The van der Waals surface area contributed by atoms with Crippen LogP contribution in [0.4, 0.5) is 0 Å². The number of carbonyl (C=O) groups excluding carboxylic acids is 1. The van der Waals surface area contributed by atoms with E-state index in [9.17, 15) is 38.7 Å². The van der Waals surface area contributed by atoms with Gasteiger partial charge < -0.3 is 40.3 Å². The number of hydrogen-bond acceptors (Lipinski definition) is 11. The van der Waals surface area contributed by atoms with Crippen molar-refractivity contribution in [2.75, 3.05) is 13.2 Å². The Balaban J connectivity index is 2.72. The molecule has 1 saturated heterocycles. The molecule has 1 amide bonds. The summed E-state index contributed by atoms with van der Waals surface area (Å²) >= 11 is 0. The monoisotopic (exact) mass is 725 g/mol. The first-order valence-corrected chi connectivity index (χ1v) is 20.0. The third kappa shape index (κ3) is 21.0. The van der Waals surface area contributed by atoms with Crippen molar-refractivity contribution in [3.8, 4) is 0 Å². The van der Waals surface area contributed by atoms with Crippen molar-refractivity contribution in [2.45, 2.75) is 191 Å². The van der Waals surface area contributed by atoms with Gasteiger partial charge >= 0.3 is 10.4 Å². The van der Waals surface area contributed by atoms with Crippen molar-refractivity contribution in [1.82, 2.24) is 5.32 Å². The molecule has 1 heterocycles. The van der Waals surface area contributed by atoms with Crippen LogP contribution in [0.25, 0.3) is 0 Å². The van der Waals surface area contributed by atoms with Gasteiger partial charge in [-0.05, 0) is 32.1 Å². The van der Waals surface area contributed by atoms with Crippen LogP contribution in [0.3, 0.4) is 0 Å². The third-order valence-corrected chi connectivity index (χ3v) is 9.40. The molecule has 0 aromatic carbocycles. The molecule has 8 unspecified atom stereocenters. The summed E-state index contributed by atoms with van der Waals surface area (Å²) in [6.45, 7) is 3.15. The number of aliphatic hydroxyl groups is 5. The second-order valence-corrected chi connectivity index (χ2v) is 14.4. The van der Waals surface area contributed by atoms with Gasteiger partial charge in [0.05, 0.1) is 25.4 Å². The van der Waals surface area contributed by atoms with Crippen molar-refractivity contribution in [2.24, 2.45) is 0 Å². The van der Waals surface area contributed by atoms with Gasteiger partial charge in [0.15, 0.2) is 6.29 Å². The maximum absolute atomic E-state index is 12.9. The van der Waals surface area contributed by atoms with E-state index in [4.69, 9.17) is 14.0 Å². The lowest BCUT2D eigenvalue weighted by Gasteiger charge is -2.41. The van der Waals surface area contributed by atoms with E-state index in [-0.39, 0.29) is 6.42 Å². The number of rotatable bonds is 30. The smallest absolute Gasteiger partial charge is 0.394 e. The Morgan fingerprint density at radius 2 is 1.33 bits per heavy atom. The van der Waals surface area contributed by atoms with E-state index in [0.29, 0.717) is 19.3 Å². The second-order valence-electron chi connectivity index (χ2n) is 13.3. The Morgan fingerprint density at radius 3 is 1.90 bits per heavy atom. The maximum atomic E-state index is 12.9. The highest BCUT2D eigenvalue weighted by molar-refractivity contribution is 7.80. The molecule has 0 saturated carbocycles. The van der Waals surface area contributed by atoms with Crippen LogP contribution in [0.1, 0.15) is 142 Å². The minimum atomic E-state index is -5.10. The van der Waals surface area contributed by atoms with Crippen LogP contribution in [0.15, 0.2) is 12.2 Å². The van der Waals surface area contributed by atoms with Crippen LogP contribution in [0.5, 0.6) is 0 Å². The lowest BCUT2D eigenvalue weighted by Crippen LogP contribution is -2.61. The zero-order chi connectivity index (χ0) is 36.5. The average molecular weight is 726 g/mol. The summed E-state index contributed by atoms with van der Waals surface area (Å²) < 4.78 is 47.2. The number of ether oxygens (including phenoxy) is 2. The Hall–Kier alpha value is -1.20. The van der Waals surface area contributed by atoms with Crippen LogP contribution in [0.2, 0.25) is 0 Å². The minimum Gasteiger partial charge on any atom is -0.394 e. The van der Waals surface area contributed by atoms with Gasteiger partial charge in [-0.15, -0.1) is 0 Å². The molecule has 0 aromatic rings. The molecule has 1 aliphatic rings. The molecule has 1 fully saturated rings. The normalized spacial score (nSPS) is 23.5. The molecule has 0 radical (unpaired) electrons. The molecule has 8 atom stereocenters. The van der Waals surface area contributed by atoms with Crippen molar-refractivity contribution in [3.05, 3.63) is 12.2 Å². The summed E-state index contributed by atoms with van der Waals surface area (Å²) in [5.41, 5.74) is 0. The molecule has 14 heteroatoms. The van der Waals surface area contributed by atoms with Crippen molar-refractivity contribution < 1.29 is 57.0 Å². The molecule has 0 aromatic heterocycles. The fourth-order valence-electron chi connectivity index (χ4n) is 5.86. The molecular weight excluding hydrogens is 658 g/mol. The summed E-state index contributed by atoms with van der Waals surface area (Å²) in [6.07, 6.45) is 13.0. The number of unbranched alkanes of at least 4 members (excludes halogenated alkanes) is 15. The first-order valence-electron chi connectivity index (χ1n) is 18.7. The van der Waals surface area contributed by atoms with Gasteiger partial charge in [-0.1, -0.05) is 122 Å². The molecule has 290 valence electrons. The predicted molar refractivity (Wildman–Crippen MR) is 187 cm³/mol. The number of hydrogen-bond donors (Lipinski definition) is 7. The SMILES string of the molecule is CCCC/C=C\CCCCCC(O)C(=O)NC(COC1OC(CO)C(O)C(OS(=O)(=O)O)C1O)C(O)CCCCCCCCCCCCC. The van der Waals surface area contributed by atoms with Crippen LogP contribution in [-0.2, 0) is 28.9 Å². The molecule has 0 aliphatic carbocycles. The van der Waals surface area contributed by atoms with E-state index in [1.807, 2.05) is 0 Å². The summed E-state index contributed by atoms with van der Waals surface area (Å²) in [6, 6.07) is -1.03. The van der Waals surface area contributed by atoms with Crippen LogP contribution >= 0.6 is 0 Å². The fraction of sp³-hybridized carbons (Fsp3) is 0.914. The first kappa shape index (κ1) is 45.8. The topological polar surface area (TPSA) is 212 Å². The molecular formula is C35H67NO12S. The molecule has 1 aliphatic heterocycles. The highest BCUT2D eigenvalue weighted by atomic mass is 32.3. The van der Waals surface area contributed by atoms with Gasteiger partial charge in [0, 0.05) is 0 Å². The molecule has 7 N–H and O–H groups in total. The summed E-state index contributed by atoms with van der Waals surface area (Å²) in [7, 11) is -5.10. The molecule has 13 nitrogen and oxygen atoms in total. The Labute approximate surface area is 294 Å². The lowest BCUT2D eigenvalue weighted by molar-refractivity contribution is -0.298. The van der Waals surface area contributed by atoms with Gasteiger partial charge in [0.1, 0.15) is 30.5 Å². The first-order chi connectivity index (χ1) is 23.4. The molecule has 0 bridgehead atoms. The van der Waals surface area contributed by atoms with Gasteiger partial charge in [0.25, 0.3) is 0 Å². The summed E-state index contributed by atoms with van der Waals surface area (Å²) in [4.78, 5) is 12.9. The minimum absolute atomic E-state index is 0.239. The van der Waals surface area contributed by atoms with Crippen LogP contribution < -0.4 is 5.32 Å². The number of carbonyl (C=O) groups is 1. The van der Waals surface area contributed by atoms with E-state index in [2.05, 4.69) is 35.5 Å². The van der Waals surface area contributed by atoms with Gasteiger partial charge in [0.2, 0.25) is 5.91 Å². The fourth-order valence-corrected chi connectivity index (χ4v) is 6.36. The zero-order valence-electron chi connectivity index (χ0n) is 29.9. The Kier molecular flexibility index (Phi) is 25.7. The second kappa shape index (κ2) is 27.5. The van der Waals surface area contributed by atoms with E-state index in [1.54, 1.807) is 0 Å². The zero-order valence-corrected chi connectivity index (χ0v) is 30.7. The van der Waals surface area contributed by atoms with E-state index < -0.39 is 78.5 Å². The van der Waals surface area contributed by atoms with E-state index in [1.165, 1.54) is 51.4 Å².